The van der Waals surface area contributed by atoms with Crippen molar-refractivity contribution in [2.45, 2.75) is 33.9 Å². The summed E-state index contributed by atoms with van der Waals surface area (Å²) in [6, 6.07) is 6.07. The second kappa shape index (κ2) is 8.48. The Bertz CT molecular complexity index is 1040. The van der Waals surface area contributed by atoms with Crippen LogP contribution in [0.1, 0.15) is 40.0 Å². The number of aromatic nitrogens is 2. The van der Waals surface area contributed by atoms with Crippen LogP contribution in [-0.2, 0) is 17.8 Å². The normalized spacial score (nSPS) is 11.2. The maximum atomic E-state index is 12.2. The Hall–Kier alpha value is -3.13. The van der Waals surface area contributed by atoms with Crippen molar-refractivity contribution in [1.82, 2.24) is 14.9 Å². The number of aryl methyl sites for hydroxylation is 2. The summed E-state index contributed by atoms with van der Waals surface area (Å²) in [4.78, 5) is 23.1. The number of carbonyl (C=O) groups excluding carboxylic acids is 1. The number of ether oxygens (including phenoxy) is 2. The summed E-state index contributed by atoms with van der Waals surface area (Å²) >= 11 is 0. The summed E-state index contributed by atoms with van der Waals surface area (Å²) in [6.45, 7) is 6.83. The molecule has 3 rings (SSSR count). The lowest BCUT2D eigenvalue weighted by Crippen LogP contribution is -2.20. The molecule has 2 aromatic heterocycles. The number of methoxy groups -OCH3 is 1. The van der Waals surface area contributed by atoms with Gasteiger partial charge in [0.05, 0.1) is 25.6 Å². The van der Waals surface area contributed by atoms with Gasteiger partial charge in [-0.15, -0.1) is 0 Å². The van der Waals surface area contributed by atoms with Crippen molar-refractivity contribution in [3.8, 4) is 5.75 Å². The van der Waals surface area contributed by atoms with E-state index >= 15 is 0 Å². The van der Waals surface area contributed by atoms with Crippen LogP contribution in [0.15, 0.2) is 22.6 Å². The highest BCUT2D eigenvalue weighted by Gasteiger charge is 2.24. The second-order valence-electron chi connectivity index (χ2n) is 6.95. The summed E-state index contributed by atoms with van der Waals surface area (Å²) in [5.41, 5.74) is 8.94. The molecule has 1 aromatic carbocycles. The van der Waals surface area contributed by atoms with Gasteiger partial charge in [0.25, 0.3) is 0 Å². The maximum absolute atomic E-state index is 12.2. The van der Waals surface area contributed by atoms with Gasteiger partial charge in [0, 0.05) is 12.1 Å². The first-order chi connectivity index (χ1) is 13.8. The number of hydrogen-bond acceptors (Lipinski definition) is 8. The van der Waals surface area contributed by atoms with Gasteiger partial charge >= 0.3 is 5.97 Å². The van der Waals surface area contributed by atoms with Crippen molar-refractivity contribution in [1.29, 1.82) is 0 Å². The molecule has 0 unspecified atom stereocenters. The number of nitrogen functional groups attached to an aromatic ring is 1. The summed E-state index contributed by atoms with van der Waals surface area (Å²) < 4.78 is 16.2. The SMILES string of the molecule is CCOC(=O)c1c(C)oc2nc(CN(C)Cc3cc(C)ccc3OC)nc(N)c12. The molecule has 0 fully saturated rings. The van der Waals surface area contributed by atoms with Gasteiger partial charge in [-0.3, -0.25) is 4.90 Å². The number of anilines is 1. The standard InChI is InChI=1S/C21H26N4O4/c1-6-28-21(26)17-13(3)29-20-18(17)19(22)23-16(24-20)11-25(4)10-14-9-12(2)7-8-15(14)27-5/h7-9H,6,10-11H2,1-5H3,(H2,22,23,24). The number of nitrogens with two attached hydrogens (primary N) is 1. The van der Waals surface area contributed by atoms with E-state index in [0.29, 0.717) is 30.1 Å². The largest absolute Gasteiger partial charge is 0.496 e. The minimum atomic E-state index is -0.490. The van der Waals surface area contributed by atoms with Crippen LogP contribution in [0.2, 0.25) is 0 Å². The topological polar surface area (TPSA) is 104 Å². The Morgan fingerprint density at radius 2 is 2.00 bits per heavy atom. The number of esters is 1. The Kier molecular flexibility index (Phi) is 6.03. The van der Waals surface area contributed by atoms with E-state index in [1.165, 1.54) is 0 Å². The lowest BCUT2D eigenvalue weighted by Gasteiger charge is -2.18. The van der Waals surface area contributed by atoms with Gasteiger partial charge in [0.1, 0.15) is 28.7 Å². The third kappa shape index (κ3) is 4.32. The average Bonchev–Trinajstić information content (AvgIpc) is 2.98. The summed E-state index contributed by atoms with van der Waals surface area (Å²) in [6.07, 6.45) is 0. The zero-order valence-electron chi connectivity index (χ0n) is 17.4. The molecule has 29 heavy (non-hydrogen) atoms. The van der Waals surface area contributed by atoms with Crippen LogP contribution < -0.4 is 10.5 Å². The van der Waals surface area contributed by atoms with E-state index in [1.54, 1.807) is 21.0 Å². The summed E-state index contributed by atoms with van der Waals surface area (Å²) in [5, 5.41) is 0.396. The maximum Gasteiger partial charge on any atom is 0.342 e. The van der Waals surface area contributed by atoms with E-state index in [0.717, 1.165) is 16.9 Å². The number of hydrogen-bond donors (Lipinski definition) is 1. The van der Waals surface area contributed by atoms with Crippen LogP contribution in [-0.4, -0.2) is 41.6 Å². The van der Waals surface area contributed by atoms with Gasteiger partial charge in [-0.2, -0.15) is 4.98 Å². The zero-order valence-corrected chi connectivity index (χ0v) is 17.4. The molecular formula is C21H26N4O4. The number of fused-ring (bicyclic) bond motifs is 1. The van der Waals surface area contributed by atoms with Gasteiger partial charge in [0.2, 0.25) is 5.71 Å². The molecule has 0 bridgehead atoms. The number of rotatable bonds is 7. The molecule has 0 aliphatic heterocycles. The Balaban J connectivity index is 1.86. The predicted molar refractivity (Wildman–Crippen MR) is 110 cm³/mol. The Morgan fingerprint density at radius 3 is 2.69 bits per heavy atom. The molecule has 0 atom stereocenters. The number of nitrogens with zero attached hydrogens (tertiary/aromatic N) is 3. The van der Waals surface area contributed by atoms with Gasteiger partial charge in [-0.1, -0.05) is 17.7 Å². The van der Waals surface area contributed by atoms with Crippen molar-refractivity contribution in [2.75, 3.05) is 26.5 Å². The second-order valence-corrected chi connectivity index (χ2v) is 6.95. The predicted octanol–water partition coefficient (Wildman–Crippen LogP) is 3.24. The molecule has 0 saturated heterocycles. The molecule has 2 N–H and O–H groups in total. The molecular weight excluding hydrogens is 372 g/mol. The number of furan rings is 1. The van der Waals surface area contributed by atoms with Gasteiger partial charge in [-0.05, 0) is 33.9 Å². The highest BCUT2D eigenvalue weighted by atomic mass is 16.5. The molecule has 0 spiro atoms. The van der Waals surface area contributed by atoms with Crippen LogP contribution in [0.25, 0.3) is 11.1 Å². The van der Waals surface area contributed by atoms with Crippen LogP contribution in [0.4, 0.5) is 5.82 Å². The first-order valence-electron chi connectivity index (χ1n) is 9.38. The molecule has 8 heteroatoms. The van der Waals surface area contributed by atoms with Crippen LogP contribution in [0, 0.1) is 13.8 Å². The van der Waals surface area contributed by atoms with Crippen molar-refractivity contribution in [3.05, 3.63) is 46.5 Å². The fourth-order valence-corrected chi connectivity index (χ4v) is 3.32. The molecule has 0 aliphatic carbocycles. The fourth-order valence-electron chi connectivity index (χ4n) is 3.32. The van der Waals surface area contributed by atoms with Crippen LogP contribution in [0.3, 0.4) is 0 Å². The Morgan fingerprint density at radius 1 is 1.24 bits per heavy atom. The van der Waals surface area contributed by atoms with Crippen molar-refractivity contribution >= 4 is 22.9 Å². The summed E-state index contributed by atoms with van der Waals surface area (Å²) in [5.74, 6) is 1.46. The molecule has 154 valence electrons. The van der Waals surface area contributed by atoms with Crippen LogP contribution >= 0.6 is 0 Å². The van der Waals surface area contributed by atoms with Crippen molar-refractivity contribution < 1.29 is 18.7 Å². The average molecular weight is 398 g/mol. The smallest absolute Gasteiger partial charge is 0.342 e. The molecule has 0 saturated carbocycles. The zero-order chi connectivity index (χ0) is 21.1. The van der Waals surface area contributed by atoms with Crippen molar-refractivity contribution in [2.24, 2.45) is 0 Å². The lowest BCUT2D eigenvalue weighted by atomic mass is 10.1. The van der Waals surface area contributed by atoms with E-state index in [-0.39, 0.29) is 23.7 Å². The molecule has 8 nitrogen and oxygen atoms in total. The van der Waals surface area contributed by atoms with Crippen molar-refractivity contribution in [3.63, 3.8) is 0 Å². The van der Waals surface area contributed by atoms with Gasteiger partial charge in [0.15, 0.2) is 0 Å². The minimum Gasteiger partial charge on any atom is -0.496 e. The van der Waals surface area contributed by atoms with E-state index in [9.17, 15) is 4.79 Å². The number of benzene rings is 1. The summed E-state index contributed by atoms with van der Waals surface area (Å²) in [7, 11) is 3.62. The number of carbonyl (C=O) groups is 1. The minimum absolute atomic E-state index is 0.200. The molecule has 0 amide bonds. The third-order valence-electron chi connectivity index (χ3n) is 4.57. The third-order valence-corrected chi connectivity index (χ3v) is 4.57. The van der Waals surface area contributed by atoms with Gasteiger partial charge < -0.3 is 19.6 Å². The fraction of sp³-hybridized carbons (Fsp3) is 0.381. The van der Waals surface area contributed by atoms with Crippen LogP contribution in [0.5, 0.6) is 5.75 Å². The van der Waals surface area contributed by atoms with E-state index < -0.39 is 5.97 Å². The van der Waals surface area contributed by atoms with E-state index in [2.05, 4.69) is 20.9 Å². The monoisotopic (exact) mass is 398 g/mol. The van der Waals surface area contributed by atoms with Gasteiger partial charge in [-0.25, -0.2) is 9.78 Å². The molecule has 0 radical (unpaired) electrons. The first-order valence-corrected chi connectivity index (χ1v) is 9.38. The molecule has 0 aliphatic rings. The first kappa shape index (κ1) is 20.6. The lowest BCUT2D eigenvalue weighted by molar-refractivity contribution is 0.0526. The van der Waals surface area contributed by atoms with E-state index in [1.807, 2.05) is 26.1 Å². The highest BCUT2D eigenvalue weighted by molar-refractivity contribution is 6.07. The quantitative estimate of drug-likeness (QED) is 0.605. The molecule has 2 heterocycles. The highest BCUT2D eigenvalue weighted by Crippen LogP contribution is 2.29. The van der Waals surface area contributed by atoms with E-state index in [4.69, 9.17) is 19.6 Å². The molecule has 3 aromatic rings. The Labute approximate surface area is 169 Å².